The zero-order chi connectivity index (χ0) is 12.6. The molecule has 0 saturated carbocycles. The quantitative estimate of drug-likeness (QED) is 0.853. The van der Waals surface area contributed by atoms with Crippen LogP contribution in [0.15, 0.2) is 12.1 Å². The van der Waals surface area contributed by atoms with E-state index in [-0.39, 0.29) is 0 Å². The number of aromatic nitrogens is 1. The smallest absolute Gasteiger partial charge is 0.0929 e. The van der Waals surface area contributed by atoms with E-state index in [4.69, 9.17) is 45.3 Å². The Morgan fingerprint density at radius 2 is 1.94 bits per heavy atom. The summed E-state index contributed by atoms with van der Waals surface area (Å²) in [6.07, 6.45) is 0. The molecule has 0 bridgehead atoms. The number of benzene rings is 1. The standard InChI is InChI=1S/C11H9Cl3N2O/c1-17-4-5-2-8(15)9-10(14)6(12)3-7(13)11(9)16-5/h2-3H,4H2,1H3,(H2,15,16). The molecule has 0 fully saturated rings. The first kappa shape index (κ1) is 12.7. The van der Waals surface area contributed by atoms with Gasteiger partial charge in [0.15, 0.2) is 0 Å². The Kier molecular flexibility index (Phi) is 3.64. The first-order valence-electron chi connectivity index (χ1n) is 4.76. The summed E-state index contributed by atoms with van der Waals surface area (Å²) in [6.45, 7) is 0.358. The van der Waals surface area contributed by atoms with Crippen molar-refractivity contribution in [3.05, 3.63) is 32.9 Å². The van der Waals surface area contributed by atoms with E-state index in [9.17, 15) is 0 Å². The number of rotatable bonds is 2. The van der Waals surface area contributed by atoms with Crippen LogP contribution in [0.1, 0.15) is 5.69 Å². The molecular weight excluding hydrogens is 282 g/mol. The van der Waals surface area contributed by atoms with Crippen molar-refractivity contribution < 1.29 is 4.74 Å². The number of methoxy groups -OCH3 is 1. The second kappa shape index (κ2) is 4.86. The van der Waals surface area contributed by atoms with Crippen molar-refractivity contribution in [1.29, 1.82) is 0 Å². The average molecular weight is 292 g/mol. The van der Waals surface area contributed by atoms with E-state index < -0.39 is 0 Å². The van der Waals surface area contributed by atoms with Gasteiger partial charge in [-0.15, -0.1) is 0 Å². The van der Waals surface area contributed by atoms with Crippen molar-refractivity contribution >= 4 is 51.4 Å². The maximum atomic E-state index is 6.09. The molecule has 6 heteroatoms. The summed E-state index contributed by atoms with van der Waals surface area (Å²) in [7, 11) is 1.58. The third-order valence-electron chi connectivity index (χ3n) is 2.30. The molecule has 17 heavy (non-hydrogen) atoms. The topological polar surface area (TPSA) is 48.1 Å². The van der Waals surface area contributed by atoms with Crippen LogP contribution in [0, 0.1) is 0 Å². The first-order valence-corrected chi connectivity index (χ1v) is 5.89. The molecule has 2 aromatic rings. The van der Waals surface area contributed by atoms with Gasteiger partial charge < -0.3 is 10.5 Å². The summed E-state index contributed by atoms with van der Waals surface area (Å²) in [5, 5.41) is 1.71. The van der Waals surface area contributed by atoms with Gasteiger partial charge in [-0.1, -0.05) is 34.8 Å². The van der Waals surface area contributed by atoms with Crippen LogP contribution in [0.3, 0.4) is 0 Å². The van der Waals surface area contributed by atoms with Crippen LogP contribution in [0.5, 0.6) is 0 Å². The number of halogens is 3. The third kappa shape index (κ3) is 2.29. The molecule has 90 valence electrons. The van der Waals surface area contributed by atoms with Crippen molar-refractivity contribution in [2.45, 2.75) is 6.61 Å². The van der Waals surface area contributed by atoms with Gasteiger partial charge in [0.2, 0.25) is 0 Å². The highest BCUT2D eigenvalue weighted by atomic mass is 35.5. The lowest BCUT2D eigenvalue weighted by atomic mass is 10.1. The Labute approximate surface area is 113 Å². The molecule has 0 unspecified atom stereocenters. The Bertz CT molecular complexity index is 587. The zero-order valence-corrected chi connectivity index (χ0v) is 11.2. The number of nitrogen functional groups attached to an aromatic ring is 1. The normalized spacial score (nSPS) is 11.1. The predicted molar refractivity (Wildman–Crippen MR) is 71.9 cm³/mol. The second-order valence-corrected chi connectivity index (χ2v) is 4.71. The molecule has 2 rings (SSSR count). The summed E-state index contributed by atoms with van der Waals surface area (Å²) in [5.74, 6) is 0. The molecule has 2 N–H and O–H groups in total. The van der Waals surface area contributed by atoms with Gasteiger partial charge in [-0.3, -0.25) is 0 Å². The summed E-state index contributed by atoms with van der Waals surface area (Å²) in [5.41, 5.74) is 7.64. The number of fused-ring (bicyclic) bond motifs is 1. The maximum Gasteiger partial charge on any atom is 0.0929 e. The average Bonchev–Trinajstić information content (AvgIpc) is 2.26. The third-order valence-corrected chi connectivity index (χ3v) is 3.38. The summed E-state index contributed by atoms with van der Waals surface area (Å²) in [4.78, 5) is 4.35. The van der Waals surface area contributed by atoms with Crippen LogP contribution in [0.4, 0.5) is 5.69 Å². The largest absolute Gasteiger partial charge is 0.398 e. The monoisotopic (exact) mass is 290 g/mol. The SMILES string of the molecule is COCc1cc(N)c2c(Cl)c(Cl)cc(Cl)c2n1. The minimum atomic E-state index is 0.358. The minimum absolute atomic E-state index is 0.358. The minimum Gasteiger partial charge on any atom is -0.398 e. The Morgan fingerprint density at radius 1 is 1.24 bits per heavy atom. The van der Waals surface area contributed by atoms with Gasteiger partial charge in [0.05, 0.1) is 32.9 Å². The molecule has 0 aliphatic rings. The van der Waals surface area contributed by atoms with Crippen LogP contribution in [0.25, 0.3) is 10.9 Å². The van der Waals surface area contributed by atoms with Crippen molar-refractivity contribution in [1.82, 2.24) is 4.98 Å². The second-order valence-electron chi connectivity index (χ2n) is 3.51. The van der Waals surface area contributed by atoms with Crippen LogP contribution in [0.2, 0.25) is 15.1 Å². The summed E-state index contributed by atoms with van der Waals surface area (Å²) >= 11 is 18.1. The highest BCUT2D eigenvalue weighted by molar-refractivity contribution is 6.48. The van der Waals surface area contributed by atoms with E-state index in [0.717, 1.165) is 0 Å². The van der Waals surface area contributed by atoms with Gasteiger partial charge in [0, 0.05) is 18.2 Å². The van der Waals surface area contributed by atoms with E-state index in [2.05, 4.69) is 4.98 Å². The predicted octanol–water partition coefficient (Wildman–Crippen LogP) is 3.92. The Hall–Kier alpha value is -0.740. The molecule has 0 radical (unpaired) electrons. The first-order chi connectivity index (χ1) is 8.04. The Morgan fingerprint density at radius 3 is 2.59 bits per heavy atom. The highest BCUT2D eigenvalue weighted by Crippen LogP contribution is 2.38. The van der Waals surface area contributed by atoms with Crippen LogP contribution in [-0.2, 0) is 11.3 Å². The maximum absolute atomic E-state index is 6.09. The van der Waals surface area contributed by atoms with Gasteiger partial charge in [-0.2, -0.15) is 0 Å². The molecule has 0 aliphatic heterocycles. The highest BCUT2D eigenvalue weighted by Gasteiger charge is 2.13. The van der Waals surface area contributed by atoms with E-state index in [1.54, 1.807) is 19.2 Å². The summed E-state index contributed by atoms with van der Waals surface area (Å²) < 4.78 is 5.01. The van der Waals surface area contributed by atoms with E-state index in [1.807, 2.05) is 0 Å². The lowest BCUT2D eigenvalue weighted by Crippen LogP contribution is -1.98. The van der Waals surface area contributed by atoms with Gasteiger partial charge in [-0.25, -0.2) is 4.98 Å². The fraction of sp³-hybridized carbons (Fsp3) is 0.182. The van der Waals surface area contributed by atoms with E-state index >= 15 is 0 Å². The molecule has 0 spiro atoms. The van der Waals surface area contributed by atoms with E-state index in [1.165, 1.54) is 0 Å². The number of hydrogen-bond acceptors (Lipinski definition) is 3. The molecule has 0 aliphatic carbocycles. The fourth-order valence-corrected chi connectivity index (χ4v) is 2.37. The molecule has 1 heterocycles. The number of ether oxygens (including phenoxy) is 1. The Balaban J connectivity index is 2.81. The fourth-order valence-electron chi connectivity index (χ4n) is 1.61. The zero-order valence-electron chi connectivity index (χ0n) is 8.93. The molecule has 0 atom stereocenters. The number of hydrogen-bond donors (Lipinski definition) is 1. The lowest BCUT2D eigenvalue weighted by Gasteiger charge is -2.09. The van der Waals surface area contributed by atoms with Crippen LogP contribution < -0.4 is 5.73 Å². The molecular formula is C11H9Cl3N2O. The van der Waals surface area contributed by atoms with Crippen LogP contribution >= 0.6 is 34.8 Å². The number of nitrogens with two attached hydrogens (primary N) is 1. The molecule has 1 aromatic heterocycles. The van der Waals surface area contributed by atoms with Crippen molar-refractivity contribution in [2.24, 2.45) is 0 Å². The number of pyridine rings is 1. The molecule has 0 saturated heterocycles. The van der Waals surface area contributed by atoms with Crippen molar-refractivity contribution in [2.75, 3.05) is 12.8 Å². The number of nitrogens with zero attached hydrogens (tertiary/aromatic N) is 1. The van der Waals surface area contributed by atoms with Gasteiger partial charge in [0.25, 0.3) is 0 Å². The van der Waals surface area contributed by atoms with E-state index in [0.29, 0.717) is 44.0 Å². The lowest BCUT2D eigenvalue weighted by molar-refractivity contribution is 0.182. The van der Waals surface area contributed by atoms with Crippen molar-refractivity contribution in [3.63, 3.8) is 0 Å². The van der Waals surface area contributed by atoms with Gasteiger partial charge in [-0.05, 0) is 12.1 Å². The number of anilines is 1. The van der Waals surface area contributed by atoms with Gasteiger partial charge >= 0.3 is 0 Å². The van der Waals surface area contributed by atoms with Crippen LogP contribution in [-0.4, -0.2) is 12.1 Å². The molecule has 3 nitrogen and oxygen atoms in total. The van der Waals surface area contributed by atoms with Gasteiger partial charge in [0.1, 0.15) is 0 Å². The summed E-state index contributed by atoms with van der Waals surface area (Å²) in [6, 6.07) is 3.25. The molecule has 0 amide bonds. The van der Waals surface area contributed by atoms with Crippen molar-refractivity contribution in [3.8, 4) is 0 Å². The molecule has 1 aromatic carbocycles.